The maximum absolute atomic E-state index is 11.1. The van der Waals surface area contributed by atoms with Gasteiger partial charge in [-0.2, -0.15) is 0 Å². The molecule has 0 amide bonds. The van der Waals surface area contributed by atoms with E-state index < -0.39 is 5.97 Å². The molecular formula is C12H19NO2. The summed E-state index contributed by atoms with van der Waals surface area (Å²) in [6, 6.07) is -0.256. The lowest BCUT2D eigenvalue weighted by atomic mass is 9.96. The van der Waals surface area contributed by atoms with Crippen molar-refractivity contribution in [3.8, 4) is 0 Å². The number of carboxylic acid groups (broad SMARTS) is 1. The van der Waals surface area contributed by atoms with Crippen LogP contribution in [-0.2, 0) is 4.79 Å². The lowest BCUT2D eigenvalue weighted by Crippen LogP contribution is -2.36. The number of likely N-dealkylation sites (tertiary alicyclic amines) is 1. The van der Waals surface area contributed by atoms with E-state index in [1.165, 1.54) is 24.1 Å². The third-order valence-corrected chi connectivity index (χ3v) is 3.59. The SMILES string of the molecule is CC1=C(N2CCC[C@H]2C(=O)O)CCCC1. The Kier molecular flexibility index (Phi) is 2.98. The van der Waals surface area contributed by atoms with Crippen molar-refractivity contribution in [2.75, 3.05) is 6.54 Å². The van der Waals surface area contributed by atoms with E-state index in [-0.39, 0.29) is 6.04 Å². The van der Waals surface area contributed by atoms with E-state index in [2.05, 4.69) is 11.8 Å². The van der Waals surface area contributed by atoms with Crippen molar-refractivity contribution in [3.05, 3.63) is 11.3 Å². The second kappa shape index (κ2) is 4.25. The molecule has 1 atom stereocenters. The fourth-order valence-corrected chi connectivity index (χ4v) is 2.78. The van der Waals surface area contributed by atoms with E-state index in [0.717, 1.165) is 32.2 Å². The van der Waals surface area contributed by atoms with E-state index >= 15 is 0 Å². The average Bonchev–Trinajstić information content (AvgIpc) is 2.67. The highest BCUT2D eigenvalue weighted by Crippen LogP contribution is 2.32. The smallest absolute Gasteiger partial charge is 0.326 e. The first kappa shape index (κ1) is 10.5. The van der Waals surface area contributed by atoms with Gasteiger partial charge in [-0.3, -0.25) is 0 Å². The predicted octanol–water partition coefficient (Wildman–Crippen LogP) is 2.38. The minimum atomic E-state index is -0.654. The zero-order valence-electron chi connectivity index (χ0n) is 9.33. The van der Waals surface area contributed by atoms with Gasteiger partial charge in [0.1, 0.15) is 6.04 Å². The summed E-state index contributed by atoms with van der Waals surface area (Å²) >= 11 is 0. The lowest BCUT2D eigenvalue weighted by Gasteiger charge is -2.31. The van der Waals surface area contributed by atoms with Gasteiger partial charge in [-0.05, 0) is 45.4 Å². The monoisotopic (exact) mass is 209 g/mol. The number of rotatable bonds is 2. The van der Waals surface area contributed by atoms with Gasteiger partial charge >= 0.3 is 5.97 Å². The van der Waals surface area contributed by atoms with E-state index in [0.29, 0.717) is 0 Å². The van der Waals surface area contributed by atoms with Crippen molar-refractivity contribution in [2.24, 2.45) is 0 Å². The molecule has 3 nitrogen and oxygen atoms in total. The van der Waals surface area contributed by atoms with Gasteiger partial charge in [-0.25, -0.2) is 4.79 Å². The molecule has 1 N–H and O–H groups in total. The Morgan fingerprint density at radius 2 is 2.07 bits per heavy atom. The molecule has 84 valence electrons. The molecule has 1 aliphatic carbocycles. The normalized spacial score (nSPS) is 27.3. The molecule has 1 saturated heterocycles. The topological polar surface area (TPSA) is 40.5 Å². The Bertz CT molecular complexity index is 296. The summed E-state index contributed by atoms with van der Waals surface area (Å²) in [6.07, 6.45) is 6.55. The summed E-state index contributed by atoms with van der Waals surface area (Å²) in [7, 11) is 0. The first-order valence-electron chi connectivity index (χ1n) is 5.88. The van der Waals surface area contributed by atoms with Gasteiger partial charge in [-0.15, -0.1) is 0 Å². The maximum Gasteiger partial charge on any atom is 0.326 e. The molecular weight excluding hydrogens is 190 g/mol. The van der Waals surface area contributed by atoms with Gasteiger partial charge in [0.15, 0.2) is 0 Å². The van der Waals surface area contributed by atoms with E-state index in [1.807, 2.05) is 0 Å². The second-order valence-corrected chi connectivity index (χ2v) is 4.62. The van der Waals surface area contributed by atoms with Crippen LogP contribution in [-0.4, -0.2) is 28.6 Å². The van der Waals surface area contributed by atoms with Crippen molar-refractivity contribution in [2.45, 2.75) is 51.5 Å². The molecule has 0 aromatic rings. The summed E-state index contributed by atoms with van der Waals surface area (Å²) in [5, 5.41) is 9.14. The first-order valence-corrected chi connectivity index (χ1v) is 5.88. The minimum absolute atomic E-state index is 0.256. The molecule has 3 heteroatoms. The molecule has 0 aromatic carbocycles. The third-order valence-electron chi connectivity index (χ3n) is 3.59. The Morgan fingerprint density at radius 3 is 2.73 bits per heavy atom. The summed E-state index contributed by atoms with van der Waals surface area (Å²) in [5.41, 5.74) is 2.74. The van der Waals surface area contributed by atoms with Crippen LogP contribution in [0.4, 0.5) is 0 Å². The van der Waals surface area contributed by atoms with Crippen molar-refractivity contribution in [1.82, 2.24) is 4.90 Å². The van der Waals surface area contributed by atoms with E-state index in [9.17, 15) is 4.79 Å². The molecule has 0 aromatic heterocycles. The Morgan fingerprint density at radius 1 is 1.33 bits per heavy atom. The van der Waals surface area contributed by atoms with E-state index in [1.54, 1.807) is 0 Å². The molecule has 1 aliphatic heterocycles. The summed E-state index contributed by atoms with van der Waals surface area (Å²) < 4.78 is 0. The van der Waals surface area contributed by atoms with Gasteiger partial charge < -0.3 is 10.0 Å². The number of allylic oxidation sites excluding steroid dienone is 2. The van der Waals surface area contributed by atoms with Crippen molar-refractivity contribution >= 4 is 5.97 Å². The number of carboxylic acids is 1. The molecule has 0 spiro atoms. The molecule has 0 saturated carbocycles. The number of nitrogens with zero attached hydrogens (tertiary/aromatic N) is 1. The van der Waals surface area contributed by atoms with Gasteiger partial charge in [-0.1, -0.05) is 5.57 Å². The summed E-state index contributed by atoms with van der Waals surface area (Å²) in [4.78, 5) is 13.2. The van der Waals surface area contributed by atoms with Crippen molar-refractivity contribution in [3.63, 3.8) is 0 Å². The molecule has 2 rings (SSSR count). The van der Waals surface area contributed by atoms with Crippen LogP contribution in [0.2, 0.25) is 0 Å². The van der Waals surface area contributed by atoms with Crippen LogP contribution in [0, 0.1) is 0 Å². The first-order chi connectivity index (χ1) is 7.20. The number of hydrogen-bond donors (Lipinski definition) is 1. The van der Waals surface area contributed by atoms with Crippen LogP contribution in [0.1, 0.15) is 45.4 Å². The minimum Gasteiger partial charge on any atom is -0.480 e. The Balaban J connectivity index is 2.18. The van der Waals surface area contributed by atoms with Gasteiger partial charge in [0.25, 0.3) is 0 Å². The van der Waals surface area contributed by atoms with Crippen LogP contribution in [0.3, 0.4) is 0 Å². The highest BCUT2D eigenvalue weighted by molar-refractivity contribution is 5.74. The quantitative estimate of drug-likeness (QED) is 0.759. The van der Waals surface area contributed by atoms with Crippen LogP contribution in [0.15, 0.2) is 11.3 Å². The zero-order valence-corrected chi connectivity index (χ0v) is 9.33. The molecule has 1 heterocycles. The van der Waals surface area contributed by atoms with Crippen LogP contribution < -0.4 is 0 Å². The van der Waals surface area contributed by atoms with Crippen LogP contribution >= 0.6 is 0 Å². The third kappa shape index (κ3) is 2.01. The fraction of sp³-hybridized carbons (Fsp3) is 0.750. The van der Waals surface area contributed by atoms with Crippen LogP contribution in [0.5, 0.6) is 0 Å². The second-order valence-electron chi connectivity index (χ2n) is 4.62. The zero-order chi connectivity index (χ0) is 10.8. The molecule has 0 unspecified atom stereocenters. The summed E-state index contributed by atoms with van der Waals surface area (Å²) in [6.45, 7) is 3.09. The number of aliphatic carboxylic acids is 1. The van der Waals surface area contributed by atoms with Gasteiger partial charge in [0, 0.05) is 12.2 Å². The summed E-state index contributed by atoms with van der Waals surface area (Å²) in [5.74, 6) is -0.654. The van der Waals surface area contributed by atoms with Crippen molar-refractivity contribution in [1.29, 1.82) is 0 Å². The molecule has 15 heavy (non-hydrogen) atoms. The highest BCUT2D eigenvalue weighted by atomic mass is 16.4. The standard InChI is InChI=1S/C12H19NO2/c1-9-5-2-3-6-10(9)13-8-4-7-11(13)12(14)15/h11H,2-8H2,1H3,(H,14,15)/t11-/m0/s1. The molecule has 0 bridgehead atoms. The maximum atomic E-state index is 11.1. The molecule has 2 aliphatic rings. The van der Waals surface area contributed by atoms with Gasteiger partial charge in [0.2, 0.25) is 0 Å². The number of hydrogen-bond acceptors (Lipinski definition) is 2. The predicted molar refractivity (Wildman–Crippen MR) is 58.5 cm³/mol. The molecule has 1 fully saturated rings. The van der Waals surface area contributed by atoms with Crippen LogP contribution in [0.25, 0.3) is 0 Å². The lowest BCUT2D eigenvalue weighted by molar-refractivity contribution is -0.141. The molecule has 0 radical (unpaired) electrons. The Hall–Kier alpha value is -0.990. The average molecular weight is 209 g/mol. The largest absolute Gasteiger partial charge is 0.480 e. The van der Waals surface area contributed by atoms with E-state index in [4.69, 9.17) is 5.11 Å². The number of carbonyl (C=O) groups is 1. The van der Waals surface area contributed by atoms with Crippen molar-refractivity contribution < 1.29 is 9.90 Å². The fourth-order valence-electron chi connectivity index (χ4n) is 2.78. The highest BCUT2D eigenvalue weighted by Gasteiger charge is 2.32. The Labute approximate surface area is 90.8 Å². The van der Waals surface area contributed by atoms with Gasteiger partial charge in [0.05, 0.1) is 0 Å².